The highest BCUT2D eigenvalue weighted by atomic mass is 15.3. The highest BCUT2D eigenvalue weighted by Gasteiger charge is 2.13. The lowest BCUT2D eigenvalue weighted by Gasteiger charge is -2.06. The number of benzene rings is 1. The summed E-state index contributed by atoms with van der Waals surface area (Å²) in [6.07, 6.45) is 4.27. The van der Waals surface area contributed by atoms with E-state index in [1.807, 2.05) is 6.92 Å². The molecule has 0 aliphatic carbocycles. The predicted octanol–water partition coefficient (Wildman–Crippen LogP) is 2.33. The Hall–Kier alpha value is -2.17. The summed E-state index contributed by atoms with van der Waals surface area (Å²) in [4.78, 5) is 11.9. The summed E-state index contributed by atoms with van der Waals surface area (Å²) in [5.74, 6) is 0.906. The van der Waals surface area contributed by atoms with Crippen molar-refractivity contribution in [2.45, 2.75) is 26.3 Å². The summed E-state index contributed by atoms with van der Waals surface area (Å²) in [6, 6.07) is 6.39. The van der Waals surface area contributed by atoms with E-state index in [2.05, 4.69) is 45.2 Å². The molecular formula is C13H15N5. The van der Waals surface area contributed by atoms with Crippen molar-refractivity contribution in [3.05, 3.63) is 42.2 Å². The third-order valence-corrected chi connectivity index (χ3v) is 3.20. The Kier molecular flexibility index (Phi) is 2.59. The Morgan fingerprint density at radius 2 is 2.28 bits per heavy atom. The van der Waals surface area contributed by atoms with Gasteiger partial charge in [-0.05, 0) is 31.0 Å². The molecule has 0 bridgehead atoms. The summed E-state index contributed by atoms with van der Waals surface area (Å²) < 4.78 is 1.79. The number of aromatic amines is 1. The molecule has 0 saturated heterocycles. The zero-order valence-corrected chi connectivity index (χ0v) is 10.5. The van der Waals surface area contributed by atoms with Gasteiger partial charge in [-0.1, -0.05) is 13.0 Å². The molecule has 0 radical (unpaired) electrons. The quantitative estimate of drug-likeness (QED) is 0.765. The van der Waals surface area contributed by atoms with Gasteiger partial charge in [0.2, 0.25) is 0 Å². The molecule has 0 fully saturated rings. The zero-order valence-electron chi connectivity index (χ0n) is 10.5. The van der Waals surface area contributed by atoms with Crippen molar-refractivity contribution in [2.75, 3.05) is 0 Å². The number of hydrogen-bond donors (Lipinski definition) is 1. The van der Waals surface area contributed by atoms with Gasteiger partial charge in [-0.15, -0.1) is 0 Å². The molecule has 5 heteroatoms. The van der Waals surface area contributed by atoms with Crippen molar-refractivity contribution in [3.63, 3.8) is 0 Å². The fourth-order valence-electron chi connectivity index (χ4n) is 2.04. The number of nitrogens with zero attached hydrogens (tertiary/aromatic N) is 4. The second kappa shape index (κ2) is 4.25. The first-order chi connectivity index (χ1) is 8.78. The van der Waals surface area contributed by atoms with E-state index in [0.717, 1.165) is 23.3 Å². The fraction of sp³-hybridized carbons (Fsp3) is 0.308. The molecule has 1 unspecified atom stereocenters. The van der Waals surface area contributed by atoms with Crippen molar-refractivity contribution in [1.29, 1.82) is 0 Å². The van der Waals surface area contributed by atoms with Gasteiger partial charge in [-0.3, -0.25) is 0 Å². The number of hydrogen-bond acceptors (Lipinski definition) is 3. The monoisotopic (exact) mass is 241 g/mol. The van der Waals surface area contributed by atoms with E-state index in [1.54, 1.807) is 11.0 Å². The molecule has 1 aromatic carbocycles. The van der Waals surface area contributed by atoms with Crippen molar-refractivity contribution in [3.8, 4) is 0 Å². The van der Waals surface area contributed by atoms with Gasteiger partial charge in [0.25, 0.3) is 0 Å². The first kappa shape index (κ1) is 11.0. The maximum Gasteiger partial charge on any atom is 0.137 e. The van der Waals surface area contributed by atoms with Crippen molar-refractivity contribution in [2.24, 2.45) is 0 Å². The van der Waals surface area contributed by atoms with Crippen LogP contribution in [0.15, 0.2) is 30.9 Å². The van der Waals surface area contributed by atoms with Gasteiger partial charge in [-0.2, -0.15) is 5.10 Å². The molecule has 2 heterocycles. The molecule has 18 heavy (non-hydrogen) atoms. The lowest BCUT2D eigenvalue weighted by molar-refractivity contribution is 0.541. The average molecular weight is 241 g/mol. The smallest absolute Gasteiger partial charge is 0.137 e. The molecule has 0 amide bonds. The van der Waals surface area contributed by atoms with E-state index in [0.29, 0.717) is 0 Å². The summed E-state index contributed by atoms with van der Waals surface area (Å²) in [5.41, 5.74) is 3.39. The topological polar surface area (TPSA) is 59.4 Å². The van der Waals surface area contributed by atoms with E-state index in [9.17, 15) is 0 Å². The predicted molar refractivity (Wildman–Crippen MR) is 69.3 cm³/mol. The Balaban J connectivity index is 2.03. The summed E-state index contributed by atoms with van der Waals surface area (Å²) in [6.45, 7) is 4.20. The molecule has 92 valence electrons. The third kappa shape index (κ3) is 1.77. The van der Waals surface area contributed by atoms with Gasteiger partial charge in [0.05, 0.1) is 11.0 Å². The van der Waals surface area contributed by atoms with Crippen LogP contribution in [0.1, 0.15) is 31.3 Å². The van der Waals surface area contributed by atoms with Crippen LogP contribution >= 0.6 is 0 Å². The van der Waals surface area contributed by atoms with Gasteiger partial charge in [0.15, 0.2) is 0 Å². The molecular weight excluding hydrogens is 226 g/mol. The Labute approximate surface area is 105 Å². The van der Waals surface area contributed by atoms with Crippen molar-refractivity contribution >= 4 is 11.0 Å². The number of rotatable bonds is 3. The number of nitrogens with one attached hydrogen (secondary N) is 1. The average Bonchev–Trinajstić information content (AvgIpc) is 3.05. The molecule has 0 saturated carbocycles. The molecule has 5 nitrogen and oxygen atoms in total. The second-order valence-corrected chi connectivity index (χ2v) is 4.38. The highest BCUT2D eigenvalue weighted by Crippen LogP contribution is 2.19. The minimum absolute atomic E-state index is 0.0602. The maximum atomic E-state index is 4.60. The van der Waals surface area contributed by atoms with Crippen LogP contribution in [0.5, 0.6) is 0 Å². The zero-order chi connectivity index (χ0) is 12.5. The normalized spacial score (nSPS) is 13.0. The molecule has 1 N–H and O–H groups in total. The number of H-pyrrole nitrogens is 1. The Morgan fingerprint density at radius 3 is 3.00 bits per heavy atom. The number of fused-ring (bicyclic) bond motifs is 1. The largest absolute Gasteiger partial charge is 0.340 e. The number of imidazole rings is 1. The van der Waals surface area contributed by atoms with Crippen LogP contribution in [0.3, 0.4) is 0 Å². The second-order valence-electron chi connectivity index (χ2n) is 4.38. The molecule has 0 spiro atoms. The van der Waals surface area contributed by atoms with E-state index in [-0.39, 0.29) is 6.04 Å². The standard InChI is InChI=1S/C13H15N5/c1-3-10-4-5-11-12(6-10)17-13(16-11)9(2)18-8-14-7-15-18/h4-9H,3H2,1-2H3,(H,16,17). The first-order valence-electron chi connectivity index (χ1n) is 6.10. The van der Waals surface area contributed by atoms with Gasteiger partial charge < -0.3 is 4.98 Å². The minimum Gasteiger partial charge on any atom is -0.340 e. The van der Waals surface area contributed by atoms with E-state index in [1.165, 1.54) is 11.9 Å². The van der Waals surface area contributed by atoms with Crippen LogP contribution < -0.4 is 0 Å². The Morgan fingerprint density at radius 1 is 1.39 bits per heavy atom. The van der Waals surface area contributed by atoms with Crippen molar-refractivity contribution in [1.82, 2.24) is 24.7 Å². The molecule has 0 aliphatic rings. The van der Waals surface area contributed by atoms with E-state index < -0.39 is 0 Å². The molecule has 1 atom stereocenters. The van der Waals surface area contributed by atoms with Crippen LogP contribution in [0.2, 0.25) is 0 Å². The van der Waals surface area contributed by atoms with Crippen LogP contribution in [0, 0.1) is 0 Å². The van der Waals surface area contributed by atoms with Crippen LogP contribution in [-0.4, -0.2) is 24.7 Å². The fourth-order valence-corrected chi connectivity index (χ4v) is 2.04. The van der Waals surface area contributed by atoms with E-state index >= 15 is 0 Å². The minimum atomic E-state index is 0.0602. The van der Waals surface area contributed by atoms with Crippen LogP contribution in [0.4, 0.5) is 0 Å². The van der Waals surface area contributed by atoms with E-state index in [4.69, 9.17) is 0 Å². The molecule has 0 aliphatic heterocycles. The van der Waals surface area contributed by atoms with Gasteiger partial charge in [0.1, 0.15) is 24.5 Å². The summed E-state index contributed by atoms with van der Waals surface area (Å²) >= 11 is 0. The highest BCUT2D eigenvalue weighted by molar-refractivity contribution is 5.76. The number of aromatic nitrogens is 5. The van der Waals surface area contributed by atoms with Crippen molar-refractivity contribution < 1.29 is 0 Å². The Bertz CT molecular complexity index is 653. The third-order valence-electron chi connectivity index (χ3n) is 3.20. The maximum absolute atomic E-state index is 4.60. The lowest BCUT2D eigenvalue weighted by Crippen LogP contribution is -2.08. The lowest BCUT2D eigenvalue weighted by atomic mass is 10.1. The SMILES string of the molecule is CCc1ccc2nc(C(C)n3cncn3)[nH]c2c1. The molecule has 3 aromatic rings. The molecule has 2 aromatic heterocycles. The van der Waals surface area contributed by atoms with Gasteiger partial charge in [0, 0.05) is 0 Å². The number of aryl methyl sites for hydroxylation is 1. The van der Waals surface area contributed by atoms with Gasteiger partial charge >= 0.3 is 0 Å². The van der Waals surface area contributed by atoms with Gasteiger partial charge in [-0.25, -0.2) is 14.6 Å². The molecule has 3 rings (SSSR count). The van der Waals surface area contributed by atoms with Crippen LogP contribution in [0.25, 0.3) is 11.0 Å². The summed E-state index contributed by atoms with van der Waals surface area (Å²) in [5, 5.41) is 4.14. The van der Waals surface area contributed by atoms with Crippen LogP contribution in [-0.2, 0) is 6.42 Å². The summed E-state index contributed by atoms with van der Waals surface area (Å²) in [7, 11) is 0. The first-order valence-corrected chi connectivity index (χ1v) is 6.10.